The Morgan fingerprint density at radius 2 is 2.20 bits per heavy atom. The zero-order chi connectivity index (χ0) is 17.3. The van der Waals surface area contributed by atoms with Crippen molar-refractivity contribution in [1.29, 1.82) is 0 Å². The van der Waals surface area contributed by atoms with Crippen LogP contribution in [0.15, 0.2) is 60.2 Å². The van der Waals surface area contributed by atoms with Crippen molar-refractivity contribution >= 4 is 23.1 Å². The van der Waals surface area contributed by atoms with Crippen LogP contribution in [0.2, 0.25) is 0 Å². The van der Waals surface area contributed by atoms with Crippen molar-refractivity contribution in [2.75, 3.05) is 18.5 Å². The van der Waals surface area contributed by atoms with Crippen LogP contribution in [0.25, 0.3) is 0 Å². The summed E-state index contributed by atoms with van der Waals surface area (Å²) >= 11 is 1.69. The minimum Gasteiger partial charge on any atom is -0.492 e. The number of ether oxygens (including phenoxy) is 1. The van der Waals surface area contributed by atoms with Gasteiger partial charge in [0.2, 0.25) is 0 Å². The molecule has 0 aliphatic carbocycles. The molecule has 2 N–H and O–H groups in total. The summed E-state index contributed by atoms with van der Waals surface area (Å²) in [6, 6.07) is 13.1. The molecule has 0 spiro atoms. The Balaban J connectivity index is 1.41. The first-order chi connectivity index (χ1) is 12.3. The summed E-state index contributed by atoms with van der Waals surface area (Å²) in [7, 11) is 0. The van der Waals surface area contributed by atoms with Gasteiger partial charge in [-0.25, -0.2) is 4.79 Å². The lowest BCUT2D eigenvalue weighted by Gasteiger charge is -2.10. The van der Waals surface area contributed by atoms with Crippen LogP contribution in [0.1, 0.15) is 4.88 Å². The van der Waals surface area contributed by atoms with E-state index in [2.05, 4.69) is 21.8 Å². The number of hydrogen-bond acceptors (Lipinski definition) is 4. The molecule has 0 unspecified atom stereocenters. The molecule has 2 aromatic heterocycles. The van der Waals surface area contributed by atoms with E-state index in [9.17, 15) is 4.79 Å². The standard InChI is InChI=1S/C18H20N4O2S/c23-18(19-9-7-17-6-2-13-25-17)21-15-4-1-5-16(14-15)24-12-11-22-10-3-8-20-22/h1-6,8,10,13-14H,7,9,11-12H2,(H2,19,21,23). The van der Waals surface area contributed by atoms with Crippen LogP contribution in [0.4, 0.5) is 10.5 Å². The largest absolute Gasteiger partial charge is 0.492 e. The predicted molar refractivity (Wildman–Crippen MR) is 99.2 cm³/mol. The number of urea groups is 1. The maximum Gasteiger partial charge on any atom is 0.319 e. The van der Waals surface area contributed by atoms with Gasteiger partial charge in [0.05, 0.1) is 6.54 Å². The highest BCUT2D eigenvalue weighted by atomic mass is 32.1. The summed E-state index contributed by atoms with van der Waals surface area (Å²) in [4.78, 5) is 13.2. The number of benzene rings is 1. The van der Waals surface area contributed by atoms with Crippen LogP contribution in [0, 0.1) is 0 Å². The van der Waals surface area contributed by atoms with E-state index in [0.717, 1.165) is 6.42 Å². The molecular weight excluding hydrogens is 336 g/mol. The van der Waals surface area contributed by atoms with Gasteiger partial charge in [-0.2, -0.15) is 5.10 Å². The van der Waals surface area contributed by atoms with Gasteiger partial charge in [0.1, 0.15) is 12.4 Å². The monoisotopic (exact) mass is 356 g/mol. The molecule has 130 valence electrons. The Labute approximate surface area is 150 Å². The molecule has 0 aliphatic rings. The van der Waals surface area contributed by atoms with E-state index in [-0.39, 0.29) is 6.03 Å². The topological polar surface area (TPSA) is 68.2 Å². The number of hydrogen-bond donors (Lipinski definition) is 2. The van der Waals surface area contributed by atoms with E-state index >= 15 is 0 Å². The fourth-order valence-electron chi connectivity index (χ4n) is 2.28. The number of nitrogens with one attached hydrogen (secondary N) is 2. The highest BCUT2D eigenvalue weighted by molar-refractivity contribution is 7.09. The molecule has 6 nitrogen and oxygen atoms in total. The minimum atomic E-state index is -0.217. The highest BCUT2D eigenvalue weighted by Gasteiger charge is 2.03. The summed E-state index contributed by atoms with van der Waals surface area (Å²) in [5, 5.41) is 11.8. The first-order valence-corrected chi connectivity index (χ1v) is 8.95. The number of rotatable bonds is 8. The first kappa shape index (κ1) is 17.0. The fourth-order valence-corrected chi connectivity index (χ4v) is 2.99. The van der Waals surface area contributed by atoms with Gasteiger partial charge in [-0.05, 0) is 36.1 Å². The lowest BCUT2D eigenvalue weighted by molar-refractivity contribution is 0.252. The van der Waals surface area contributed by atoms with Crippen LogP contribution in [-0.4, -0.2) is 29.0 Å². The number of thiophene rings is 1. The van der Waals surface area contributed by atoms with Crippen molar-refractivity contribution < 1.29 is 9.53 Å². The molecule has 0 saturated heterocycles. The molecule has 3 aromatic rings. The average Bonchev–Trinajstić information content (AvgIpc) is 3.29. The molecular formula is C18H20N4O2S. The molecule has 2 heterocycles. The summed E-state index contributed by atoms with van der Waals surface area (Å²) in [6.45, 7) is 1.79. The number of aromatic nitrogens is 2. The predicted octanol–water partition coefficient (Wildman–Crippen LogP) is 3.39. The second kappa shape index (κ2) is 8.89. The Kier molecular flexibility index (Phi) is 6.06. The third-order valence-corrected chi connectivity index (χ3v) is 4.41. The third kappa shape index (κ3) is 5.65. The normalized spacial score (nSPS) is 10.4. The zero-order valence-electron chi connectivity index (χ0n) is 13.7. The van der Waals surface area contributed by atoms with Gasteiger partial charge in [0, 0.05) is 35.6 Å². The van der Waals surface area contributed by atoms with Crippen molar-refractivity contribution in [3.8, 4) is 5.75 Å². The quantitative estimate of drug-likeness (QED) is 0.650. The summed E-state index contributed by atoms with van der Waals surface area (Å²) in [5.41, 5.74) is 0.699. The Morgan fingerprint density at radius 3 is 3.00 bits per heavy atom. The molecule has 0 saturated carbocycles. The van der Waals surface area contributed by atoms with E-state index in [1.807, 2.05) is 52.7 Å². The van der Waals surface area contributed by atoms with Crippen molar-refractivity contribution in [3.63, 3.8) is 0 Å². The van der Waals surface area contributed by atoms with Gasteiger partial charge in [0.25, 0.3) is 0 Å². The minimum absolute atomic E-state index is 0.217. The van der Waals surface area contributed by atoms with Gasteiger partial charge < -0.3 is 15.4 Å². The van der Waals surface area contributed by atoms with E-state index in [0.29, 0.717) is 31.1 Å². The third-order valence-electron chi connectivity index (χ3n) is 3.48. The second-order valence-electron chi connectivity index (χ2n) is 5.36. The smallest absolute Gasteiger partial charge is 0.319 e. The van der Waals surface area contributed by atoms with E-state index in [1.54, 1.807) is 17.5 Å². The highest BCUT2D eigenvalue weighted by Crippen LogP contribution is 2.17. The molecule has 7 heteroatoms. The maximum absolute atomic E-state index is 12.0. The molecule has 1 aromatic carbocycles. The van der Waals surface area contributed by atoms with Crippen molar-refractivity contribution in [2.24, 2.45) is 0 Å². The first-order valence-electron chi connectivity index (χ1n) is 8.07. The van der Waals surface area contributed by atoms with Crippen molar-refractivity contribution in [2.45, 2.75) is 13.0 Å². The number of amides is 2. The Morgan fingerprint density at radius 1 is 1.24 bits per heavy atom. The molecule has 0 fully saturated rings. The molecule has 0 bridgehead atoms. The number of carbonyl (C=O) groups excluding carboxylic acids is 1. The van der Waals surface area contributed by atoms with E-state index < -0.39 is 0 Å². The molecule has 0 radical (unpaired) electrons. The van der Waals surface area contributed by atoms with Crippen LogP contribution in [-0.2, 0) is 13.0 Å². The van der Waals surface area contributed by atoms with Gasteiger partial charge >= 0.3 is 6.03 Å². The van der Waals surface area contributed by atoms with E-state index in [4.69, 9.17) is 4.74 Å². The van der Waals surface area contributed by atoms with Crippen LogP contribution >= 0.6 is 11.3 Å². The van der Waals surface area contributed by atoms with Gasteiger partial charge in [0.15, 0.2) is 0 Å². The second-order valence-corrected chi connectivity index (χ2v) is 6.39. The Bertz CT molecular complexity index is 772. The molecule has 25 heavy (non-hydrogen) atoms. The van der Waals surface area contributed by atoms with Gasteiger partial charge in [-0.15, -0.1) is 11.3 Å². The summed E-state index contributed by atoms with van der Waals surface area (Å²) < 4.78 is 7.51. The molecule has 0 aliphatic heterocycles. The molecule has 3 rings (SSSR count). The summed E-state index contributed by atoms with van der Waals surface area (Å²) in [6.07, 6.45) is 4.46. The van der Waals surface area contributed by atoms with Crippen molar-refractivity contribution in [3.05, 3.63) is 65.1 Å². The lowest BCUT2D eigenvalue weighted by Crippen LogP contribution is -2.30. The van der Waals surface area contributed by atoms with Crippen LogP contribution in [0.5, 0.6) is 5.75 Å². The van der Waals surface area contributed by atoms with Gasteiger partial charge in [-0.3, -0.25) is 4.68 Å². The van der Waals surface area contributed by atoms with Crippen molar-refractivity contribution in [1.82, 2.24) is 15.1 Å². The molecule has 0 atom stereocenters. The summed E-state index contributed by atoms with van der Waals surface area (Å²) in [5.74, 6) is 0.712. The van der Waals surface area contributed by atoms with Crippen LogP contribution in [0.3, 0.4) is 0 Å². The number of anilines is 1. The molecule has 2 amide bonds. The van der Waals surface area contributed by atoms with Crippen LogP contribution < -0.4 is 15.4 Å². The average molecular weight is 356 g/mol. The lowest BCUT2D eigenvalue weighted by atomic mass is 10.3. The Hall–Kier alpha value is -2.80. The van der Waals surface area contributed by atoms with E-state index in [1.165, 1.54) is 4.88 Å². The van der Waals surface area contributed by atoms with Gasteiger partial charge in [-0.1, -0.05) is 12.1 Å². The zero-order valence-corrected chi connectivity index (χ0v) is 14.5. The number of nitrogens with zero attached hydrogens (tertiary/aromatic N) is 2. The maximum atomic E-state index is 12.0. The fraction of sp³-hybridized carbons (Fsp3) is 0.222. The number of carbonyl (C=O) groups is 1. The SMILES string of the molecule is O=C(NCCc1cccs1)Nc1cccc(OCCn2cccn2)c1.